The van der Waals surface area contributed by atoms with Crippen LogP contribution in [0.1, 0.15) is 50.0 Å². The number of unbranched alkanes of at least 4 members (excludes halogenated alkanes) is 1. The summed E-state index contributed by atoms with van der Waals surface area (Å²) in [7, 11) is 2.40. The lowest BCUT2D eigenvalue weighted by molar-refractivity contribution is -0.949. The molecule has 2 fully saturated rings. The topological polar surface area (TPSA) is 46.5 Å². The number of alkyl halides is 1. The van der Waals surface area contributed by atoms with Gasteiger partial charge < -0.3 is 14.3 Å². The number of esters is 1. The summed E-state index contributed by atoms with van der Waals surface area (Å²) in [6, 6.07) is 10.7. The van der Waals surface area contributed by atoms with Crippen LogP contribution >= 0.6 is 15.9 Å². The van der Waals surface area contributed by atoms with Crippen molar-refractivity contribution in [1.82, 2.24) is 0 Å². The van der Waals surface area contributed by atoms with Crippen LogP contribution in [0.25, 0.3) is 0 Å². The molecule has 1 aromatic carbocycles. The van der Waals surface area contributed by atoms with Crippen LogP contribution in [-0.4, -0.2) is 59.3 Å². The maximum atomic E-state index is 12.7. The number of fused-ring (bicyclic) bond motifs is 2. The predicted molar refractivity (Wildman–Crippen MR) is 106 cm³/mol. The number of benzene rings is 1. The summed E-state index contributed by atoms with van der Waals surface area (Å²) in [4.78, 5) is 12.7. The largest absolute Gasteiger partial charge is 0.461 e. The van der Waals surface area contributed by atoms with Crippen molar-refractivity contribution in [2.75, 3.05) is 25.5 Å². The van der Waals surface area contributed by atoms with Crippen molar-refractivity contribution in [2.45, 2.75) is 62.6 Å². The fourth-order valence-corrected chi connectivity index (χ4v) is 5.35. The number of halogens is 1. The van der Waals surface area contributed by atoms with E-state index in [2.05, 4.69) is 23.0 Å². The Morgan fingerprint density at radius 3 is 2.46 bits per heavy atom. The molecule has 5 atom stereocenters. The van der Waals surface area contributed by atoms with E-state index in [9.17, 15) is 9.90 Å². The first-order valence-corrected chi connectivity index (χ1v) is 11.0. The Bertz CT molecular complexity index is 580. The molecule has 5 heteroatoms. The third kappa shape index (κ3) is 4.15. The average Bonchev–Trinajstić information content (AvgIpc) is 2.81. The smallest absolute Gasteiger partial charge is 0.316 e. The van der Waals surface area contributed by atoms with Gasteiger partial charge in [-0.1, -0.05) is 46.3 Å². The van der Waals surface area contributed by atoms with E-state index >= 15 is 0 Å². The lowest BCUT2D eigenvalue weighted by Gasteiger charge is -2.47. The number of quaternary nitrogens is 1. The van der Waals surface area contributed by atoms with Crippen molar-refractivity contribution >= 4 is 21.9 Å². The van der Waals surface area contributed by atoms with Gasteiger partial charge in [0.1, 0.15) is 12.0 Å². The van der Waals surface area contributed by atoms with Gasteiger partial charge in [-0.15, -0.1) is 0 Å². The standard InChI is InChI=1S/C21H31BrNO3/c1-23(12-6-5-11-22)17-9-10-18(23)14-19(13-17)26-21(25)20(15-24)16-7-3-2-4-8-16/h2-4,7-8,17-20,24H,5-6,9-15H2,1H3/q+1/t17-,18+,19?,20?,23?. The number of piperidine rings is 1. The average molecular weight is 425 g/mol. The van der Waals surface area contributed by atoms with Crippen LogP contribution in [-0.2, 0) is 9.53 Å². The van der Waals surface area contributed by atoms with Gasteiger partial charge in [0.25, 0.3) is 0 Å². The highest BCUT2D eigenvalue weighted by Crippen LogP contribution is 2.42. The summed E-state index contributed by atoms with van der Waals surface area (Å²) in [6.07, 6.45) is 6.87. The van der Waals surface area contributed by atoms with Crippen LogP contribution in [0.15, 0.2) is 30.3 Å². The fraction of sp³-hybridized carbons (Fsp3) is 0.667. The monoisotopic (exact) mass is 424 g/mol. The minimum Gasteiger partial charge on any atom is -0.461 e. The molecule has 1 N–H and O–H groups in total. The Morgan fingerprint density at radius 1 is 1.23 bits per heavy atom. The van der Waals surface area contributed by atoms with Gasteiger partial charge in [-0.3, -0.25) is 4.79 Å². The highest BCUT2D eigenvalue weighted by atomic mass is 79.9. The number of aliphatic hydroxyl groups excluding tert-OH is 1. The zero-order valence-electron chi connectivity index (χ0n) is 15.6. The van der Waals surface area contributed by atoms with Gasteiger partial charge in [0.2, 0.25) is 0 Å². The van der Waals surface area contributed by atoms with Crippen molar-refractivity contribution < 1.29 is 19.1 Å². The quantitative estimate of drug-likeness (QED) is 0.300. The number of nitrogens with zero attached hydrogens (tertiary/aromatic N) is 1. The van der Waals surface area contributed by atoms with E-state index < -0.39 is 5.92 Å². The third-order valence-corrected chi connectivity index (χ3v) is 7.11. The molecule has 2 bridgehead atoms. The Labute approximate surface area is 165 Å². The SMILES string of the molecule is C[N+]1(CCCCBr)[C@@H]2CC[C@H]1CC(OC(=O)C(CO)c1ccccc1)C2. The van der Waals surface area contributed by atoms with E-state index in [1.165, 1.54) is 32.2 Å². The Kier molecular flexibility index (Phi) is 6.76. The molecule has 0 aromatic heterocycles. The summed E-state index contributed by atoms with van der Waals surface area (Å²) >= 11 is 3.53. The minimum atomic E-state index is -0.574. The lowest BCUT2D eigenvalue weighted by Crippen LogP contribution is -2.59. The highest BCUT2D eigenvalue weighted by molar-refractivity contribution is 9.09. The van der Waals surface area contributed by atoms with Crippen molar-refractivity contribution in [3.05, 3.63) is 35.9 Å². The summed E-state index contributed by atoms with van der Waals surface area (Å²) < 4.78 is 7.04. The molecule has 2 aliphatic rings. The lowest BCUT2D eigenvalue weighted by atomic mass is 9.95. The highest BCUT2D eigenvalue weighted by Gasteiger charge is 2.52. The van der Waals surface area contributed by atoms with E-state index in [0.29, 0.717) is 12.1 Å². The maximum absolute atomic E-state index is 12.7. The number of rotatable bonds is 8. The van der Waals surface area contributed by atoms with Gasteiger partial charge in [0.05, 0.1) is 32.3 Å². The van der Waals surface area contributed by atoms with Crippen LogP contribution in [0.2, 0.25) is 0 Å². The molecule has 2 saturated heterocycles. The van der Waals surface area contributed by atoms with Crippen LogP contribution in [0, 0.1) is 0 Å². The van der Waals surface area contributed by atoms with Gasteiger partial charge in [-0.2, -0.15) is 0 Å². The number of hydrogen-bond donors (Lipinski definition) is 1. The van der Waals surface area contributed by atoms with Crippen molar-refractivity contribution in [3.8, 4) is 0 Å². The van der Waals surface area contributed by atoms with Crippen LogP contribution in [0.5, 0.6) is 0 Å². The summed E-state index contributed by atoms with van der Waals surface area (Å²) in [5.41, 5.74) is 0.828. The summed E-state index contributed by atoms with van der Waals surface area (Å²) in [5.74, 6) is -0.853. The fourth-order valence-electron chi connectivity index (χ4n) is 4.95. The molecule has 3 rings (SSSR count). The summed E-state index contributed by atoms with van der Waals surface area (Å²) in [5, 5.41) is 10.8. The Hall–Kier alpha value is -0.910. The normalized spacial score (nSPS) is 31.6. The molecule has 0 radical (unpaired) electrons. The van der Waals surface area contributed by atoms with Crippen molar-refractivity contribution in [2.24, 2.45) is 0 Å². The summed E-state index contributed by atoms with van der Waals surface area (Å²) in [6.45, 7) is 1.02. The van der Waals surface area contributed by atoms with E-state index in [0.717, 1.165) is 28.2 Å². The Balaban J connectivity index is 1.60. The van der Waals surface area contributed by atoms with Crippen LogP contribution in [0.3, 0.4) is 0 Å². The number of ether oxygens (including phenoxy) is 1. The van der Waals surface area contributed by atoms with Gasteiger partial charge in [-0.05, 0) is 18.4 Å². The Morgan fingerprint density at radius 2 is 1.88 bits per heavy atom. The van der Waals surface area contributed by atoms with Gasteiger partial charge in [0, 0.05) is 31.0 Å². The molecule has 26 heavy (non-hydrogen) atoms. The third-order valence-electron chi connectivity index (χ3n) is 6.55. The molecular weight excluding hydrogens is 394 g/mol. The molecular formula is C21H31BrNO3+. The molecule has 144 valence electrons. The first-order valence-electron chi connectivity index (χ1n) is 9.85. The van der Waals surface area contributed by atoms with E-state index in [4.69, 9.17) is 4.74 Å². The predicted octanol–water partition coefficient (Wildman–Crippen LogP) is 3.62. The van der Waals surface area contributed by atoms with E-state index in [-0.39, 0.29) is 18.7 Å². The van der Waals surface area contributed by atoms with Crippen LogP contribution < -0.4 is 0 Å². The van der Waals surface area contributed by atoms with Gasteiger partial charge >= 0.3 is 5.97 Å². The van der Waals surface area contributed by atoms with Crippen molar-refractivity contribution in [1.29, 1.82) is 0 Å². The molecule has 0 aliphatic carbocycles. The molecule has 0 saturated carbocycles. The molecule has 1 aromatic rings. The minimum absolute atomic E-state index is 0.000127. The van der Waals surface area contributed by atoms with E-state index in [1.54, 1.807) is 0 Å². The van der Waals surface area contributed by atoms with Crippen LogP contribution in [0.4, 0.5) is 0 Å². The number of hydrogen-bond acceptors (Lipinski definition) is 3. The van der Waals surface area contributed by atoms with Gasteiger partial charge in [0.15, 0.2) is 0 Å². The second-order valence-electron chi connectivity index (χ2n) is 8.03. The molecule has 3 unspecified atom stereocenters. The first kappa shape index (κ1) is 19.8. The zero-order chi connectivity index (χ0) is 18.6. The van der Waals surface area contributed by atoms with Gasteiger partial charge in [-0.25, -0.2) is 0 Å². The first-order chi connectivity index (χ1) is 12.6. The molecule has 0 amide bonds. The molecule has 2 heterocycles. The number of carbonyl (C=O) groups excluding carboxylic acids is 1. The molecule has 4 nitrogen and oxygen atoms in total. The number of carbonyl (C=O) groups is 1. The van der Waals surface area contributed by atoms with E-state index in [1.807, 2.05) is 30.3 Å². The second kappa shape index (κ2) is 8.85. The number of aliphatic hydroxyl groups is 1. The molecule has 0 spiro atoms. The zero-order valence-corrected chi connectivity index (χ0v) is 17.2. The molecule has 2 aliphatic heterocycles. The van der Waals surface area contributed by atoms with Crippen molar-refractivity contribution in [3.63, 3.8) is 0 Å². The maximum Gasteiger partial charge on any atom is 0.316 e. The second-order valence-corrected chi connectivity index (χ2v) is 8.82.